The molecule has 5 heteroatoms. The molecule has 2 atom stereocenters. The first-order valence-electron chi connectivity index (χ1n) is 5.29. The van der Waals surface area contributed by atoms with Gasteiger partial charge < -0.3 is 14.8 Å². The SMILES string of the molecule is OB(O[C@H]1C(F)=CC=C[C@H]1O)c1ccccc1. The fraction of sp³-hybridized carbons (Fsp3) is 0.167. The molecule has 0 heterocycles. The summed E-state index contributed by atoms with van der Waals surface area (Å²) in [6.07, 6.45) is 1.78. The molecule has 0 aromatic heterocycles. The van der Waals surface area contributed by atoms with E-state index >= 15 is 0 Å². The van der Waals surface area contributed by atoms with Gasteiger partial charge in [-0.25, -0.2) is 4.39 Å². The Hall–Kier alpha value is -1.43. The van der Waals surface area contributed by atoms with E-state index in [0.29, 0.717) is 5.46 Å². The first-order valence-corrected chi connectivity index (χ1v) is 5.29. The van der Waals surface area contributed by atoms with Crippen molar-refractivity contribution in [1.29, 1.82) is 0 Å². The number of halogens is 1. The Morgan fingerprint density at radius 1 is 1.24 bits per heavy atom. The van der Waals surface area contributed by atoms with E-state index in [9.17, 15) is 14.5 Å². The summed E-state index contributed by atoms with van der Waals surface area (Å²) in [6, 6.07) is 8.61. The zero-order valence-electron chi connectivity index (χ0n) is 9.03. The molecule has 1 aliphatic rings. The molecule has 0 radical (unpaired) electrons. The van der Waals surface area contributed by atoms with Crippen molar-refractivity contribution < 1.29 is 19.2 Å². The topological polar surface area (TPSA) is 49.7 Å². The maximum atomic E-state index is 13.4. The van der Waals surface area contributed by atoms with Crippen LogP contribution in [0.15, 0.2) is 54.4 Å². The van der Waals surface area contributed by atoms with Crippen LogP contribution >= 0.6 is 0 Å². The van der Waals surface area contributed by atoms with Crippen LogP contribution in [-0.2, 0) is 4.65 Å². The van der Waals surface area contributed by atoms with Gasteiger partial charge in [0.2, 0.25) is 0 Å². The van der Waals surface area contributed by atoms with Crippen LogP contribution in [-0.4, -0.2) is 29.5 Å². The minimum Gasteiger partial charge on any atom is -0.423 e. The van der Waals surface area contributed by atoms with E-state index in [1.54, 1.807) is 30.3 Å². The molecule has 2 N–H and O–H groups in total. The van der Waals surface area contributed by atoms with E-state index in [1.165, 1.54) is 18.2 Å². The Bertz CT molecular complexity index is 433. The molecular weight excluding hydrogens is 222 g/mol. The van der Waals surface area contributed by atoms with Crippen molar-refractivity contribution in [2.75, 3.05) is 0 Å². The molecule has 1 aromatic carbocycles. The van der Waals surface area contributed by atoms with Gasteiger partial charge in [0, 0.05) is 0 Å². The number of aliphatic hydroxyl groups excluding tert-OH is 1. The third-order valence-corrected chi connectivity index (χ3v) is 2.51. The fourth-order valence-electron chi connectivity index (χ4n) is 1.60. The van der Waals surface area contributed by atoms with Gasteiger partial charge in [0.25, 0.3) is 0 Å². The molecule has 1 aliphatic carbocycles. The minimum absolute atomic E-state index is 0.516. The first-order chi connectivity index (χ1) is 8.18. The Balaban J connectivity index is 2.06. The van der Waals surface area contributed by atoms with Crippen molar-refractivity contribution in [3.05, 3.63) is 54.4 Å². The second-order valence-electron chi connectivity index (χ2n) is 3.75. The quantitative estimate of drug-likeness (QED) is 0.750. The lowest BCUT2D eigenvalue weighted by Gasteiger charge is -2.23. The van der Waals surface area contributed by atoms with E-state index < -0.39 is 25.2 Å². The second-order valence-corrected chi connectivity index (χ2v) is 3.75. The van der Waals surface area contributed by atoms with Gasteiger partial charge in [0.15, 0.2) is 0 Å². The summed E-state index contributed by atoms with van der Waals surface area (Å²) in [6.45, 7) is 0. The van der Waals surface area contributed by atoms with Crippen LogP contribution < -0.4 is 5.46 Å². The number of rotatable bonds is 3. The molecule has 2 rings (SSSR count). The predicted molar refractivity (Wildman–Crippen MR) is 63.3 cm³/mol. The Labute approximate surface area is 99.0 Å². The lowest BCUT2D eigenvalue weighted by molar-refractivity contribution is 0.0620. The van der Waals surface area contributed by atoms with Gasteiger partial charge in [0.05, 0.1) is 0 Å². The van der Waals surface area contributed by atoms with Crippen molar-refractivity contribution in [2.45, 2.75) is 12.2 Å². The zero-order chi connectivity index (χ0) is 12.3. The third-order valence-electron chi connectivity index (χ3n) is 2.51. The predicted octanol–water partition coefficient (Wildman–Crippen LogP) is 0.543. The Kier molecular flexibility index (Phi) is 3.73. The van der Waals surface area contributed by atoms with Crippen LogP contribution in [0.5, 0.6) is 0 Å². The minimum atomic E-state index is -1.26. The summed E-state index contributed by atoms with van der Waals surface area (Å²) < 4.78 is 18.5. The number of allylic oxidation sites excluding steroid dienone is 2. The molecule has 0 bridgehead atoms. The first kappa shape index (κ1) is 12.0. The normalized spacial score (nSPS) is 23.4. The molecule has 1 aromatic rings. The number of aliphatic hydroxyl groups is 1. The molecule has 0 amide bonds. The molecule has 0 aliphatic heterocycles. The largest absolute Gasteiger partial charge is 0.491 e. The summed E-state index contributed by atoms with van der Waals surface area (Å²) in [5.74, 6) is -0.602. The second kappa shape index (κ2) is 5.27. The number of hydrogen-bond acceptors (Lipinski definition) is 3. The molecule has 0 spiro atoms. The van der Waals surface area contributed by atoms with Gasteiger partial charge in [-0.15, -0.1) is 0 Å². The monoisotopic (exact) mass is 234 g/mol. The molecule has 0 fully saturated rings. The summed E-state index contributed by atoms with van der Waals surface area (Å²) in [5, 5.41) is 19.3. The van der Waals surface area contributed by atoms with E-state index in [4.69, 9.17) is 4.65 Å². The summed E-state index contributed by atoms with van der Waals surface area (Å²) in [7, 11) is -1.26. The van der Waals surface area contributed by atoms with Crippen LogP contribution in [0, 0.1) is 0 Å². The molecule has 17 heavy (non-hydrogen) atoms. The van der Waals surface area contributed by atoms with Crippen LogP contribution in [0.3, 0.4) is 0 Å². The Morgan fingerprint density at radius 3 is 2.59 bits per heavy atom. The highest BCUT2D eigenvalue weighted by molar-refractivity contribution is 6.60. The van der Waals surface area contributed by atoms with Crippen molar-refractivity contribution in [1.82, 2.24) is 0 Å². The van der Waals surface area contributed by atoms with Crippen LogP contribution in [0.1, 0.15) is 0 Å². The molecule has 3 nitrogen and oxygen atoms in total. The summed E-state index contributed by atoms with van der Waals surface area (Å²) in [4.78, 5) is 0. The Morgan fingerprint density at radius 2 is 1.94 bits per heavy atom. The van der Waals surface area contributed by atoms with Gasteiger partial charge in [-0.1, -0.05) is 42.5 Å². The van der Waals surface area contributed by atoms with Gasteiger partial charge in [-0.05, 0) is 11.5 Å². The van der Waals surface area contributed by atoms with E-state index in [0.717, 1.165) is 0 Å². The van der Waals surface area contributed by atoms with Gasteiger partial charge >= 0.3 is 7.12 Å². The van der Waals surface area contributed by atoms with Crippen molar-refractivity contribution >= 4 is 12.6 Å². The van der Waals surface area contributed by atoms with Crippen molar-refractivity contribution in [2.24, 2.45) is 0 Å². The number of hydrogen-bond donors (Lipinski definition) is 2. The van der Waals surface area contributed by atoms with Crippen molar-refractivity contribution in [3.8, 4) is 0 Å². The van der Waals surface area contributed by atoms with E-state index in [-0.39, 0.29) is 0 Å². The van der Waals surface area contributed by atoms with Crippen LogP contribution in [0.4, 0.5) is 4.39 Å². The smallest absolute Gasteiger partial charge is 0.423 e. The molecular formula is C12H12BFO3. The molecule has 0 unspecified atom stereocenters. The maximum Gasteiger partial charge on any atom is 0.491 e. The zero-order valence-corrected chi connectivity index (χ0v) is 9.03. The van der Waals surface area contributed by atoms with Crippen LogP contribution in [0.2, 0.25) is 0 Å². The highest BCUT2D eigenvalue weighted by atomic mass is 19.1. The molecule has 0 saturated heterocycles. The van der Waals surface area contributed by atoms with E-state index in [1.807, 2.05) is 0 Å². The highest BCUT2D eigenvalue weighted by Crippen LogP contribution is 2.18. The van der Waals surface area contributed by atoms with Gasteiger partial charge in [-0.3, -0.25) is 0 Å². The lowest BCUT2D eigenvalue weighted by atomic mass is 9.79. The van der Waals surface area contributed by atoms with Crippen LogP contribution in [0.25, 0.3) is 0 Å². The lowest BCUT2D eigenvalue weighted by Crippen LogP contribution is -2.42. The average molecular weight is 234 g/mol. The fourth-order valence-corrected chi connectivity index (χ4v) is 1.60. The van der Waals surface area contributed by atoms with E-state index in [2.05, 4.69) is 0 Å². The average Bonchev–Trinajstić information content (AvgIpc) is 2.35. The summed E-state index contributed by atoms with van der Waals surface area (Å²) >= 11 is 0. The summed E-state index contributed by atoms with van der Waals surface area (Å²) in [5.41, 5.74) is 0.516. The third kappa shape index (κ3) is 2.82. The maximum absolute atomic E-state index is 13.4. The van der Waals surface area contributed by atoms with Crippen molar-refractivity contribution in [3.63, 3.8) is 0 Å². The number of benzene rings is 1. The van der Waals surface area contributed by atoms with Gasteiger partial charge in [0.1, 0.15) is 18.0 Å². The standard InChI is InChI=1S/C12H12BFO3/c14-10-7-4-8-11(15)12(10)17-13(16)9-5-2-1-3-6-9/h1-8,11-12,15-16H/t11-,12+/m1/s1. The highest BCUT2D eigenvalue weighted by Gasteiger charge is 2.30. The molecule has 0 saturated carbocycles. The molecule has 88 valence electrons. The van der Waals surface area contributed by atoms with Gasteiger partial charge in [-0.2, -0.15) is 0 Å².